The Balaban J connectivity index is 2.40. The number of aryl methyl sites for hydroxylation is 1. The fourth-order valence-electron chi connectivity index (χ4n) is 1.35. The molecule has 0 bridgehead atoms. The molecule has 0 spiro atoms. The van der Waals surface area contributed by atoms with E-state index in [0.29, 0.717) is 6.54 Å². The Kier molecular flexibility index (Phi) is 2.74. The van der Waals surface area contributed by atoms with Crippen LogP contribution >= 0.6 is 0 Å². The maximum Gasteiger partial charge on any atom is 0.159 e. The monoisotopic (exact) mass is 199 g/mol. The Hall–Kier alpha value is -1.74. The predicted octanol–water partition coefficient (Wildman–Crippen LogP) is 1.91. The van der Waals surface area contributed by atoms with Crippen molar-refractivity contribution in [2.24, 2.45) is 5.73 Å². The van der Waals surface area contributed by atoms with Crippen LogP contribution in [0, 0.1) is 6.92 Å². The summed E-state index contributed by atoms with van der Waals surface area (Å²) in [6.45, 7) is 2.50. The second-order valence-electron chi connectivity index (χ2n) is 3.44. The number of aromatic nitrogens is 2. The molecule has 0 atom stereocenters. The normalized spacial score (nSPS) is 10.3. The highest BCUT2D eigenvalue weighted by Gasteiger charge is 2.00. The van der Waals surface area contributed by atoms with Crippen molar-refractivity contribution in [1.82, 2.24) is 9.97 Å². The van der Waals surface area contributed by atoms with E-state index in [0.717, 1.165) is 17.1 Å². The zero-order valence-corrected chi connectivity index (χ0v) is 8.64. The van der Waals surface area contributed by atoms with Gasteiger partial charge < -0.3 is 5.73 Å². The van der Waals surface area contributed by atoms with Crippen LogP contribution in [0.3, 0.4) is 0 Å². The minimum atomic E-state index is 0.446. The lowest BCUT2D eigenvalue weighted by atomic mass is 10.1. The molecule has 0 radical (unpaired) electrons. The van der Waals surface area contributed by atoms with Crippen LogP contribution in [0.5, 0.6) is 0 Å². The summed E-state index contributed by atoms with van der Waals surface area (Å²) in [6.07, 6.45) is 1.74. The average Bonchev–Trinajstić information content (AvgIpc) is 2.30. The molecule has 1 aromatic heterocycles. The Bertz CT molecular complexity index is 449. The van der Waals surface area contributed by atoms with Crippen molar-refractivity contribution in [3.63, 3.8) is 0 Å². The second-order valence-corrected chi connectivity index (χ2v) is 3.44. The van der Waals surface area contributed by atoms with Gasteiger partial charge in [-0.25, -0.2) is 9.97 Å². The van der Waals surface area contributed by atoms with Gasteiger partial charge in [-0.3, -0.25) is 0 Å². The summed E-state index contributed by atoms with van der Waals surface area (Å²) in [5, 5.41) is 0. The summed E-state index contributed by atoms with van der Waals surface area (Å²) in [5.41, 5.74) is 8.65. The molecule has 0 fully saturated rings. The average molecular weight is 199 g/mol. The van der Waals surface area contributed by atoms with E-state index in [1.54, 1.807) is 6.20 Å². The van der Waals surface area contributed by atoms with Gasteiger partial charge in [0, 0.05) is 18.3 Å². The SMILES string of the molecule is Cc1ccc(-c2nccc(CN)n2)cc1. The molecule has 0 aliphatic carbocycles. The molecule has 3 heteroatoms. The lowest BCUT2D eigenvalue weighted by molar-refractivity contribution is 0.969. The lowest BCUT2D eigenvalue weighted by Crippen LogP contribution is -2.01. The first-order chi connectivity index (χ1) is 7.29. The summed E-state index contributed by atoms with van der Waals surface area (Å²) >= 11 is 0. The first kappa shape index (κ1) is 9.80. The van der Waals surface area contributed by atoms with Gasteiger partial charge in [0.25, 0.3) is 0 Å². The predicted molar refractivity (Wildman–Crippen MR) is 60.1 cm³/mol. The molecule has 2 N–H and O–H groups in total. The number of hydrogen-bond acceptors (Lipinski definition) is 3. The summed E-state index contributed by atoms with van der Waals surface area (Å²) < 4.78 is 0. The quantitative estimate of drug-likeness (QED) is 0.803. The lowest BCUT2D eigenvalue weighted by Gasteiger charge is -2.02. The molecule has 15 heavy (non-hydrogen) atoms. The maximum atomic E-state index is 5.53. The topological polar surface area (TPSA) is 51.8 Å². The summed E-state index contributed by atoms with van der Waals surface area (Å²) in [6, 6.07) is 9.97. The molecule has 0 saturated heterocycles. The van der Waals surface area contributed by atoms with Crippen LogP contribution in [0.15, 0.2) is 36.5 Å². The summed E-state index contributed by atoms with van der Waals surface area (Å²) in [7, 11) is 0. The van der Waals surface area contributed by atoms with Gasteiger partial charge in [-0.15, -0.1) is 0 Å². The van der Waals surface area contributed by atoms with E-state index in [9.17, 15) is 0 Å². The van der Waals surface area contributed by atoms with Crippen LogP contribution in [-0.4, -0.2) is 9.97 Å². The van der Waals surface area contributed by atoms with E-state index < -0.39 is 0 Å². The largest absolute Gasteiger partial charge is 0.325 e. The van der Waals surface area contributed by atoms with Gasteiger partial charge in [-0.2, -0.15) is 0 Å². The molecule has 2 rings (SSSR count). The van der Waals surface area contributed by atoms with E-state index in [4.69, 9.17) is 5.73 Å². The molecule has 1 heterocycles. The number of rotatable bonds is 2. The van der Waals surface area contributed by atoms with Gasteiger partial charge in [0.1, 0.15) is 0 Å². The number of hydrogen-bond donors (Lipinski definition) is 1. The van der Waals surface area contributed by atoms with E-state index in [-0.39, 0.29) is 0 Å². The highest BCUT2D eigenvalue weighted by atomic mass is 14.9. The molecule has 2 aromatic rings. The Morgan fingerprint density at radius 1 is 1.13 bits per heavy atom. The third kappa shape index (κ3) is 2.19. The number of nitrogens with zero attached hydrogens (tertiary/aromatic N) is 2. The van der Waals surface area contributed by atoms with Crippen molar-refractivity contribution in [2.45, 2.75) is 13.5 Å². The van der Waals surface area contributed by atoms with E-state index >= 15 is 0 Å². The standard InChI is InChI=1S/C12H13N3/c1-9-2-4-10(5-3-9)12-14-7-6-11(8-13)15-12/h2-7H,8,13H2,1H3. The van der Waals surface area contributed by atoms with Crippen molar-refractivity contribution in [3.05, 3.63) is 47.8 Å². The highest BCUT2D eigenvalue weighted by Crippen LogP contribution is 2.14. The van der Waals surface area contributed by atoms with Crippen molar-refractivity contribution in [1.29, 1.82) is 0 Å². The van der Waals surface area contributed by atoms with Crippen LogP contribution < -0.4 is 5.73 Å². The molecule has 0 unspecified atom stereocenters. The first-order valence-electron chi connectivity index (χ1n) is 4.88. The Morgan fingerprint density at radius 2 is 1.87 bits per heavy atom. The Labute approximate surface area is 89.0 Å². The second kappa shape index (κ2) is 4.19. The molecule has 76 valence electrons. The van der Waals surface area contributed by atoms with Crippen LogP contribution in [0.25, 0.3) is 11.4 Å². The van der Waals surface area contributed by atoms with Gasteiger partial charge >= 0.3 is 0 Å². The zero-order valence-electron chi connectivity index (χ0n) is 8.64. The van der Waals surface area contributed by atoms with Gasteiger partial charge in [-0.1, -0.05) is 29.8 Å². The van der Waals surface area contributed by atoms with E-state index in [2.05, 4.69) is 16.9 Å². The minimum Gasteiger partial charge on any atom is -0.325 e. The van der Waals surface area contributed by atoms with Gasteiger partial charge in [-0.05, 0) is 13.0 Å². The molecular formula is C12H13N3. The molecule has 0 aliphatic rings. The molecule has 3 nitrogen and oxygen atoms in total. The molecule has 0 saturated carbocycles. The molecule has 0 aliphatic heterocycles. The third-order valence-corrected chi connectivity index (χ3v) is 2.23. The van der Waals surface area contributed by atoms with Crippen LogP contribution in [0.1, 0.15) is 11.3 Å². The third-order valence-electron chi connectivity index (χ3n) is 2.23. The van der Waals surface area contributed by atoms with Gasteiger partial charge in [0.05, 0.1) is 5.69 Å². The van der Waals surface area contributed by atoms with E-state index in [1.165, 1.54) is 5.56 Å². The minimum absolute atomic E-state index is 0.446. The van der Waals surface area contributed by atoms with Crippen molar-refractivity contribution in [3.8, 4) is 11.4 Å². The van der Waals surface area contributed by atoms with Crippen LogP contribution in [-0.2, 0) is 6.54 Å². The number of nitrogens with two attached hydrogens (primary N) is 1. The summed E-state index contributed by atoms with van der Waals surface area (Å²) in [5.74, 6) is 0.734. The Morgan fingerprint density at radius 3 is 2.53 bits per heavy atom. The van der Waals surface area contributed by atoms with Crippen LogP contribution in [0.4, 0.5) is 0 Å². The molecule has 0 amide bonds. The fraction of sp³-hybridized carbons (Fsp3) is 0.167. The van der Waals surface area contributed by atoms with Crippen molar-refractivity contribution in [2.75, 3.05) is 0 Å². The maximum absolute atomic E-state index is 5.53. The fourth-order valence-corrected chi connectivity index (χ4v) is 1.35. The molecule has 1 aromatic carbocycles. The smallest absolute Gasteiger partial charge is 0.159 e. The van der Waals surface area contributed by atoms with Gasteiger partial charge in [0.15, 0.2) is 5.82 Å². The summed E-state index contributed by atoms with van der Waals surface area (Å²) in [4.78, 5) is 8.58. The zero-order chi connectivity index (χ0) is 10.7. The number of benzene rings is 1. The van der Waals surface area contributed by atoms with Crippen molar-refractivity contribution >= 4 is 0 Å². The molecular weight excluding hydrogens is 186 g/mol. The van der Waals surface area contributed by atoms with Crippen molar-refractivity contribution < 1.29 is 0 Å². The highest BCUT2D eigenvalue weighted by molar-refractivity contribution is 5.55. The van der Waals surface area contributed by atoms with Crippen LogP contribution in [0.2, 0.25) is 0 Å². The van der Waals surface area contributed by atoms with E-state index in [1.807, 2.05) is 30.3 Å². The van der Waals surface area contributed by atoms with Gasteiger partial charge in [0.2, 0.25) is 0 Å². The first-order valence-corrected chi connectivity index (χ1v) is 4.88.